The lowest BCUT2D eigenvalue weighted by molar-refractivity contribution is 0.0755. The number of aromatic nitrogens is 3. The van der Waals surface area contributed by atoms with Crippen LogP contribution in [0.1, 0.15) is 26.9 Å². The number of amides is 1. The monoisotopic (exact) mass is 347 g/mol. The van der Waals surface area contributed by atoms with Gasteiger partial charge >= 0.3 is 0 Å². The molecule has 0 N–H and O–H groups in total. The summed E-state index contributed by atoms with van der Waals surface area (Å²) in [5.41, 5.74) is 0.433. The van der Waals surface area contributed by atoms with Gasteiger partial charge in [-0.05, 0) is 19.4 Å². The second-order valence-electron chi connectivity index (χ2n) is 5.72. The molecule has 7 nitrogen and oxygen atoms in total. The van der Waals surface area contributed by atoms with Crippen LogP contribution in [0.15, 0.2) is 18.3 Å². The Hall–Kier alpha value is -2.06. The minimum Gasteiger partial charge on any atom is -0.497 e. The summed E-state index contributed by atoms with van der Waals surface area (Å²) in [7, 11) is 1.59. The van der Waals surface area contributed by atoms with Crippen LogP contribution in [-0.2, 0) is 6.54 Å². The number of hydrogen-bond acceptors (Lipinski definition) is 7. The average Bonchev–Trinajstić information content (AvgIpc) is 2.87. The topological polar surface area (TPSA) is 71.5 Å². The Morgan fingerprint density at radius 3 is 2.92 bits per heavy atom. The number of methoxy groups -OCH3 is 1. The first kappa shape index (κ1) is 16.8. The summed E-state index contributed by atoms with van der Waals surface area (Å²) in [5, 5.41) is 10.3. The molecule has 0 aromatic carbocycles. The highest BCUT2D eigenvalue weighted by Gasteiger charge is 2.22. The molecule has 0 bridgehead atoms. The highest BCUT2D eigenvalue weighted by atomic mass is 32.1. The Morgan fingerprint density at radius 1 is 1.29 bits per heavy atom. The van der Waals surface area contributed by atoms with Gasteiger partial charge in [-0.15, -0.1) is 21.5 Å². The smallest absolute Gasteiger partial charge is 0.272 e. The van der Waals surface area contributed by atoms with Crippen molar-refractivity contribution in [3.8, 4) is 5.75 Å². The van der Waals surface area contributed by atoms with E-state index in [-0.39, 0.29) is 5.91 Å². The number of pyridine rings is 1. The van der Waals surface area contributed by atoms with Gasteiger partial charge < -0.3 is 9.64 Å². The summed E-state index contributed by atoms with van der Waals surface area (Å²) in [4.78, 5) is 21.0. The standard InChI is InChI=1S/C16H21N5O2S/c1-12-18-19-15(24-12)11-20-6-3-7-21(9-8-20)16(22)14-10-13(23-2)4-5-17-14/h4-5,10H,3,6-9,11H2,1-2H3. The van der Waals surface area contributed by atoms with E-state index in [0.717, 1.165) is 42.6 Å². The van der Waals surface area contributed by atoms with Crippen LogP contribution in [0, 0.1) is 6.92 Å². The van der Waals surface area contributed by atoms with E-state index in [9.17, 15) is 4.79 Å². The molecule has 2 aromatic rings. The van der Waals surface area contributed by atoms with Crippen LogP contribution in [0.4, 0.5) is 0 Å². The van der Waals surface area contributed by atoms with Gasteiger partial charge in [-0.3, -0.25) is 14.7 Å². The summed E-state index contributed by atoms with van der Waals surface area (Å²) < 4.78 is 5.17. The van der Waals surface area contributed by atoms with E-state index in [0.29, 0.717) is 18.0 Å². The average molecular weight is 347 g/mol. The molecule has 0 aliphatic carbocycles. The van der Waals surface area contributed by atoms with E-state index in [4.69, 9.17) is 4.74 Å². The third-order valence-corrected chi connectivity index (χ3v) is 4.81. The molecule has 1 aliphatic rings. The van der Waals surface area contributed by atoms with Gasteiger partial charge in [-0.25, -0.2) is 0 Å². The van der Waals surface area contributed by atoms with Gasteiger partial charge in [0.2, 0.25) is 0 Å². The van der Waals surface area contributed by atoms with E-state index in [2.05, 4.69) is 20.1 Å². The van der Waals surface area contributed by atoms with Crippen molar-refractivity contribution >= 4 is 17.2 Å². The van der Waals surface area contributed by atoms with E-state index >= 15 is 0 Å². The van der Waals surface area contributed by atoms with Gasteiger partial charge in [0, 0.05) is 38.4 Å². The molecule has 2 aromatic heterocycles. The highest BCUT2D eigenvalue weighted by molar-refractivity contribution is 7.11. The molecule has 0 spiro atoms. The molecule has 0 unspecified atom stereocenters. The third-order valence-electron chi connectivity index (χ3n) is 3.99. The van der Waals surface area contributed by atoms with Crippen molar-refractivity contribution in [1.29, 1.82) is 0 Å². The van der Waals surface area contributed by atoms with E-state index in [1.807, 2.05) is 11.8 Å². The zero-order valence-corrected chi connectivity index (χ0v) is 14.8. The molecular formula is C16H21N5O2S. The van der Waals surface area contributed by atoms with Gasteiger partial charge in [-0.2, -0.15) is 0 Å². The normalized spacial score (nSPS) is 16.0. The van der Waals surface area contributed by atoms with Crippen LogP contribution in [0.25, 0.3) is 0 Å². The highest BCUT2D eigenvalue weighted by Crippen LogP contribution is 2.15. The van der Waals surface area contributed by atoms with Crippen LogP contribution in [0.2, 0.25) is 0 Å². The van der Waals surface area contributed by atoms with Gasteiger partial charge in [0.05, 0.1) is 13.7 Å². The zero-order valence-electron chi connectivity index (χ0n) is 13.9. The molecule has 3 rings (SSSR count). The fourth-order valence-electron chi connectivity index (χ4n) is 2.74. The van der Waals surface area contributed by atoms with Crippen molar-refractivity contribution in [1.82, 2.24) is 25.0 Å². The summed E-state index contributed by atoms with van der Waals surface area (Å²) in [6, 6.07) is 3.43. The number of carbonyl (C=O) groups excluding carboxylic acids is 1. The SMILES string of the molecule is COc1ccnc(C(=O)N2CCCN(Cc3nnc(C)s3)CC2)c1. The van der Waals surface area contributed by atoms with Crippen molar-refractivity contribution in [2.24, 2.45) is 0 Å². The quantitative estimate of drug-likeness (QED) is 0.837. The summed E-state index contributed by atoms with van der Waals surface area (Å²) in [6.07, 6.45) is 2.54. The Kier molecular flexibility index (Phi) is 5.37. The number of hydrogen-bond donors (Lipinski definition) is 0. The zero-order chi connectivity index (χ0) is 16.9. The molecule has 0 saturated carbocycles. The largest absolute Gasteiger partial charge is 0.497 e. The van der Waals surface area contributed by atoms with Crippen LogP contribution in [0.5, 0.6) is 5.75 Å². The number of nitrogens with zero attached hydrogens (tertiary/aromatic N) is 5. The molecule has 128 valence electrons. The number of rotatable bonds is 4. The lowest BCUT2D eigenvalue weighted by Crippen LogP contribution is -2.35. The summed E-state index contributed by atoms with van der Waals surface area (Å²) in [6.45, 7) is 5.97. The first-order valence-corrected chi connectivity index (χ1v) is 8.78. The molecule has 0 radical (unpaired) electrons. The van der Waals surface area contributed by atoms with E-state index in [1.54, 1.807) is 36.8 Å². The lowest BCUT2D eigenvalue weighted by Gasteiger charge is -2.21. The lowest BCUT2D eigenvalue weighted by atomic mass is 10.3. The van der Waals surface area contributed by atoms with Gasteiger partial charge in [0.1, 0.15) is 21.5 Å². The van der Waals surface area contributed by atoms with Crippen LogP contribution >= 0.6 is 11.3 Å². The maximum Gasteiger partial charge on any atom is 0.272 e. The van der Waals surface area contributed by atoms with Crippen LogP contribution in [0.3, 0.4) is 0 Å². The third kappa shape index (κ3) is 4.07. The minimum atomic E-state index is -0.0393. The minimum absolute atomic E-state index is 0.0393. The Labute approximate surface area is 145 Å². The summed E-state index contributed by atoms with van der Waals surface area (Å²) >= 11 is 1.63. The van der Waals surface area contributed by atoms with Crippen LogP contribution in [-0.4, -0.2) is 64.2 Å². The van der Waals surface area contributed by atoms with Crippen molar-refractivity contribution in [3.05, 3.63) is 34.0 Å². The predicted molar refractivity (Wildman–Crippen MR) is 91.2 cm³/mol. The fourth-order valence-corrected chi connectivity index (χ4v) is 3.49. The Balaban J connectivity index is 1.61. The second kappa shape index (κ2) is 7.67. The number of aryl methyl sites for hydroxylation is 1. The van der Waals surface area contributed by atoms with Crippen molar-refractivity contribution < 1.29 is 9.53 Å². The summed E-state index contributed by atoms with van der Waals surface area (Å²) in [5.74, 6) is 0.610. The van der Waals surface area contributed by atoms with Gasteiger partial charge in [0.25, 0.3) is 5.91 Å². The number of carbonyl (C=O) groups is 1. The Bertz CT molecular complexity index is 705. The molecule has 1 aliphatic heterocycles. The first-order chi connectivity index (χ1) is 11.7. The predicted octanol–water partition coefficient (Wildman–Crippen LogP) is 1.60. The van der Waals surface area contributed by atoms with E-state index < -0.39 is 0 Å². The molecule has 8 heteroatoms. The maximum atomic E-state index is 12.7. The Morgan fingerprint density at radius 2 is 2.17 bits per heavy atom. The van der Waals surface area contributed by atoms with E-state index in [1.165, 1.54) is 0 Å². The van der Waals surface area contributed by atoms with Crippen LogP contribution < -0.4 is 4.74 Å². The molecule has 3 heterocycles. The van der Waals surface area contributed by atoms with Gasteiger partial charge in [0.15, 0.2) is 0 Å². The van der Waals surface area contributed by atoms with Crippen molar-refractivity contribution in [3.63, 3.8) is 0 Å². The molecule has 1 saturated heterocycles. The van der Waals surface area contributed by atoms with Crippen molar-refractivity contribution in [2.75, 3.05) is 33.3 Å². The first-order valence-electron chi connectivity index (χ1n) is 7.96. The number of ether oxygens (including phenoxy) is 1. The maximum absolute atomic E-state index is 12.7. The molecule has 1 amide bonds. The molecule has 24 heavy (non-hydrogen) atoms. The van der Waals surface area contributed by atoms with Gasteiger partial charge in [-0.1, -0.05) is 0 Å². The fraction of sp³-hybridized carbons (Fsp3) is 0.500. The molecule has 1 fully saturated rings. The van der Waals surface area contributed by atoms with Crippen molar-refractivity contribution in [2.45, 2.75) is 19.9 Å². The second-order valence-corrected chi connectivity index (χ2v) is 6.98. The molecular weight excluding hydrogens is 326 g/mol. The molecule has 0 atom stereocenters.